The number of carbonyl (C=O) groups excluding carboxylic acids is 1. The Kier molecular flexibility index (Phi) is 1.62. The Balaban J connectivity index is 2.19. The van der Waals surface area contributed by atoms with Gasteiger partial charge >= 0.3 is 0 Å². The average Bonchev–Trinajstić information content (AvgIpc) is 3.06. The quantitative estimate of drug-likeness (QED) is 0.621. The molecule has 1 aliphatic heterocycles. The lowest BCUT2D eigenvalue weighted by Gasteiger charge is -2.26. The first kappa shape index (κ1) is 9.56. The van der Waals surface area contributed by atoms with Gasteiger partial charge in [0.2, 0.25) is 0 Å². The Bertz CT molecular complexity index is 539. The number of ketones is 1. The van der Waals surface area contributed by atoms with Crippen molar-refractivity contribution in [3.05, 3.63) is 34.9 Å². The molecule has 3 heteroatoms. The molecule has 2 aliphatic rings. The zero-order valence-electron chi connectivity index (χ0n) is 9.15. The van der Waals surface area contributed by atoms with Crippen LogP contribution in [0.4, 0.5) is 0 Å². The van der Waals surface area contributed by atoms with Gasteiger partial charge in [0.25, 0.3) is 0 Å². The molecule has 1 fully saturated rings. The number of hydrogen-bond acceptors (Lipinski definition) is 3. The first-order valence-corrected chi connectivity index (χ1v) is 5.30. The minimum atomic E-state index is -0.439. The number of nitriles is 1. The van der Waals surface area contributed by atoms with Gasteiger partial charge in [-0.2, -0.15) is 5.26 Å². The Morgan fingerprint density at radius 1 is 1.44 bits per heavy atom. The predicted molar refractivity (Wildman–Crippen MR) is 56.9 cm³/mol. The highest BCUT2D eigenvalue weighted by atomic mass is 16.6. The maximum absolute atomic E-state index is 12.2. The SMILES string of the molecule is CC1(C)C(=O)c2ccc(C#N)cc2[C@H]2O[C@@H]21. The van der Waals surface area contributed by atoms with E-state index in [9.17, 15) is 4.79 Å². The molecule has 0 saturated carbocycles. The first-order valence-electron chi connectivity index (χ1n) is 5.30. The topological polar surface area (TPSA) is 53.4 Å². The fourth-order valence-electron chi connectivity index (χ4n) is 2.45. The van der Waals surface area contributed by atoms with Gasteiger partial charge in [0.1, 0.15) is 12.2 Å². The Morgan fingerprint density at radius 3 is 2.88 bits per heavy atom. The van der Waals surface area contributed by atoms with E-state index < -0.39 is 5.41 Å². The molecule has 1 aliphatic carbocycles. The van der Waals surface area contributed by atoms with Crippen molar-refractivity contribution in [1.29, 1.82) is 5.26 Å². The number of epoxide rings is 1. The molecule has 1 heterocycles. The lowest BCUT2D eigenvalue weighted by molar-refractivity contribution is 0.0792. The van der Waals surface area contributed by atoms with E-state index in [0.717, 1.165) is 5.56 Å². The molecule has 16 heavy (non-hydrogen) atoms. The number of hydrogen-bond donors (Lipinski definition) is 0. The molecular weight excluding hydrogens is 202 g/mol. The minimum Gasteiger partial charge on any atom is -0.363 e. The summed E-state index contributed by atoms with van der Waals surface area (Å²) in [7, 11) is 0. The number of benzene rings is 1. The van der Waals surface area contributed by atoms with Crippen molar-refractivity contribution in [1.82, 2.24) is 0 Å². The molecule has 0 unspecified atom stereocenters. The van der Waals surface area contributed by atoms with Crippen molar-refractivity contribution in [3.8, 4) is 6.07 Å². The van der Waals surface area contributed by atoms with Crippen molar-refractivity contribution >= 4 is 5.78 Å². The molecule has 1 aromatic carbocycles. The van der Waals surface area contributed by atoms with Gasteiger partial charge < -0.3 is 4.74 Å². The van der Waals surface area contributed by atoms with Gasteiger partial charge in [0.05, 0.1) is 17.0 Å². The van der Waals surface area contributed by atoms with Crippen molar-refractivity contribution in [2.24, 2.45) is 5.41 Å². The van der Waals surface area contributed by atoms with Gasteiger partial charge in [0.15, 0.2) is 5.78 Å². The Morgan fingerprint density at radius 2 is 2.19 bits per heavy atom. The molecule has 0 amide bonds. The van der Waals surface area contributed by atoms with Crippen LogP contribution in [0.2, 0.25) is 0 Å². The fraction of sp³-hybridized carbons (Fsp3) is 0.385. The summed E-state index contributed by atoms with van der Waals surface area (Å²) in [6.07, 6.45) is -0.00237. The highest BCUT2D eigenvalue weighted by Gasteiger charge is 2.58. The van der Waals surface area contributed by atoms with Crippen molar-refractivity contribution in [3.63, 3.8) is 0 Å². The molecule has 1 aromatic rings. The van der Waals surface area contributed by atoms with Gasteiger partial charge in [-0.1, -0.05) is 0 Å². The van der Waals surface area contributed by atoms with Gasteiger partial charge in [-0.25, -0.2) is 0 Å². The molecule has 2 atom stereocenters. The summed E-state index contributed by atoms with van der Waals surface area (Å²) < 4.78 is 5.56. The van der Waals surface area contributed by atoms with Crippen LogP contribution >= 0.6 is 0 Å². The van der Waals surface area contributed by atoms with Crippen LogP contribution in [0.15, 0.2) is 18.2 Å². The van der Waals surface area contributed by atoms with Crippen LogP contribution in [0, 0.1) is 16.7 Å². The van der Waals surface area contributed by atoms with E-state index in [0.29, 0.717) is 11.1 Å². The molecule has 80 valence electrons. The van der Waals surface area contributed by atoms with E-state index in [1.807, 2.05) is 13.8 Å². The highest BCUT2D eigenvalue weighted by Crippen LogP contribution is 2.55. The second-order valence-corrected chi connectivity index (χ2v) is 4.94. The van der Waals surface area contributed by atoms with Gasteiger partial charge in [0, 0.05) is 5.56 Å². The van der Waals surface area contributed by atoms with Crippen LogP contribution in [0.3, 0.4) is 0 Å². The molecule has 0 bridgehead atoms. The summed E-state index contributed by atoms with van der Waals surface area (Å²) >= 11 is 0. The molecule has 0 N–H and O–H groups in total. The van der Waals surface area contributed by atoms with E-state index in [-0.39, 0.29) is 18.0 Å². The molecule has 0 spiro atoms. The van der Waals surface area contributed by atoms with E-state index in [1.165, 1.54) is 0 Å². The fourth-order valence-corrected chi connectivity index (χ4v) is 2.45. The first-order chi connectivity index (χ1) is 7.55. The lowest BCUT2D eigenvalue weighted by Crippen LogP contribution is -2.34. The third-order valence-electron chi connectivity index (χ3n) is 3.52. The molecule has 3 rings (SSSR count). The number of rotatable bonds is 0. The zero-order valence-corrected chi connectivity index (χ0v) is 9.15. The van der Waals surface area contributed by atoms with Gasteiger partial charge in [-0.05, 0) is 37.6 Å². The van der Waals surface area contributed by atoms with Crippen LogP contribution in [-0.2, 0) is 4.74 Å². The zero-order chi connectivity index (χ0) is 11.5. The third kappa shape index (κ3) is 1.03. The van der Waals surface area contributed by atoms with Crippen molar-refractivity contribution in [2.75, 3.05) is 0 Å². The summed E-state index contributed by atoms with van der Waals surface area (Å²) in [6.45, 7) is 3.84. The maximum Gasteiger partial charge on any atom is 0.171 e. The number of nitrogens with zero attached hydrogens (tertiary/aromatic N) is 1. The van der Waals surface area contributed by atoms with Crippen LogP contribution in [0.25, 0.3) is 0 Å². The predicted octanol–water partition coefficient (Wildman–Crippen LogP) is 2.22. The normalized spacial score (nSPS) is 28.9. The smallest absolute Gasteiger partial charge is 0.171 e. The molecule has 1 saturated heterocycles. The standard InChI is InChI=1S/C13H11NO2/c1-13(2)11(15)8-4-3-7(6-14)5-9(8)10-12(13)16-10/h3-5,10,12H,1-2H3/t10-,12+/m1/s1. The van der Waals surface area contributed by atoms with Crippen LogP contribution in [-0.4, -0.2) is 11.9 Å². The third-order valence-corrected chi connectivity index (χ3v) is 3.52. The maximum atomic E-state index is 12.2. The summed E-state index contributed by atoms with van der Waals surface area (Å²) in [4.78, 5) is 12.2. The minimum absolute atomic E-state index is 0.0102. The number of Topliss-reactive ketones (excluding diaryl/α,β-unsaturated/α-hetero) is 1. The van der Waals surface area contributed by atoms with Crippen molar-refractivity contribution < 1.29 is 9.53 Å². The summed E-state index contributed by atoms with van der Waals surface area (Å²) in [5, 5.41) is 8.83. The van der Waals surface area contributed by atoms with E-state index in [2.05, 4.69) is 6.07 Å². The van der Waals surface area contributed by atoms with Gasteiger partial charge in [-0.15, -0.1) is 0 Å². The second kappa shape index (κ2) is 2.72. The molecule has 0 aromatic heterocycles. The van der Waals surface area contributed by atoms with Crippen LogP contribution in [0.1, 0.15) is 41.4 Å². The van der Waals surface area contributed by atoms with E-state index in [1.54, 1.807) is 18.2 Å². The van der Waals surface area contributed by atoms with E-state index in [4.69, 9.17) is 10.00 Å². The van der Waals surface area contributed by atoms with Crippen LogP contribution in [0.5, 0.6) is 0 Å². The molecular formula is C13H11NO2. The largest absolute Gasteiger partial charge is 0.363 e. The number of fused-ring (bicyclic) bond motifs is 3. The van der Waals surface area contributed by atoms with E-state index >= 15 is 0 Å². The van der Waals surface area contributed by atoms with Crippen molar-refractivity contribution in [2.45, 2.75) is 26.1 Å². The Hall–Kier alpha value is -1.66. The average molecular weight is 213 g/mol. The summed E-state index contributed by atoms with van der Waals surface area (Å²) in [5.41, 5.74) is 1.74. The van der Waals surface area contributed by atoms with Gasteiger partial charge in [-0.3, -0.25) is 4.79 Å². The summed E-state index contributed by atoms with van der Waals surface area (Å²) in [5.74, 6) is 0.116. The summed E-state index contributed by atoms with van der Waals surface area (Å²) in [6, 6.07) is 7.29. The highest BCUT2D eigenvalue weighted by molar-refractivity contribution is 6.03. The molecule has 3 nitrogen and oxygen atoms in total. The van der Waals surface area contributed by atoms with Crippen LogP contribution < -0.4 is 0 Å². The lowest BCUT2D eigenvalue weighted by atomic mass is 9.73. The number of carbonyl (C=O) groups is 1. The number of ether oxygens (including phenoxy) is 1. The monoisotopic (exact) mass is 213 g/mol. The Labute approximate surface area is 93.6 Å². The molecule has 0 radical (unpaired) electrons. The second-order valence-electron chi connectivity index (χ2n) is 4.94.